The molecule has 1 saturated heterocycles. The van der Waals surface area contributed by atoms with E-state index in [2.05, 4.69) is 34.7 Å². The van der Waals surface area contributed by atoms with Crippen molar-refractivity contribution in [2.75, 3.05) is 6.61 Å². The van der Waals surface area contributed by atoms with Crippen molar-refractivity contribution in [2.45, 2.75) is 32.4 Å². The molecular weight excluding hydrogens is 200 g/mol. The summed E-state index contributed by atoms with van der Waals surface area (Å²) in [6.45, 7) is 2.97. The number of ether oxygens (including phenoxy) is 1. The number of fused-ring (bicyclic) bond motifs is 1. The predicted molar refractivity (Wildman–Crippen MR) is 63.3 cm³/mol. The maximum Gasteiger partial charge on any atom is 0.135 e. The van der Waals surface area contributed by atoms with Crippen molar-refractivity contribution < 1.29 is 4.74 Å². The number of imidazole rings is 1. The molecule has 1 aromatic heterocycles. The van der Waals surface area contributed by atoms with Gasteiger partial charge >= 0.3 is 0 Å². The maximum atomic E-state index is 5.79. The number of rotatable bonds is 1. The lowest BCUT2D eigenvalue weighted by molar-refractivity contribution is -0.0295. The highest BCUT2D eigenvalue weighted by atomic mass is 16.5. The molecule has 84 valence electrons. The van der Waals surface area contributed by atoms with E-state index in [1.807, 2.05) is 6.33 Å². The largest absolute Gasteiger partial charge is 0.358 e. The van der Waals surface area contributed by atoms with Crippen LogP contribution in [0.3, 0.4) is 0 Å². The lowest BCUT2D eigenvalue weighted by Gasteiger charge is -2.24. The lowest BCUT2D eigenvalue weighted by atomic mass is 10.1. The monoisotopic (exact) mass is 216 g/mol. The molecule has 0 radical (unpaired) electrons. The minimum absolute atomic E-state index is 0.181. The average molecular weight is 216 g/mol. The van der Waals surface area contributed by atoms with Crippen LogP contribution in [0, 0.1) is 6.92 Å². The third-order valence-electron chi connectivity index (χ3n) is 3.27. The summed E-state index contributed by atoms with van der Waals surface area (Å²) in [6.07, 6.45) is 5.62. The zero-order chi connectivity index (χ0) is 11.0. The fraction of sp³-hybridized carbons (Fsp3) is 0.462. The molecule has 1 aliphatic rings. The van der Waals surface area contributed by atoms with E-state index >= 15 is 0 Å². The van der Waals surface area contributed by atoms with Crippen molar-refractivity contribution in [1.82, 2.24) is 9.55 Å². The van der Waals surface area contributed by atoms with Crippen molar-refractivity contribution in [1.29, 1.82) is 0 Å². The Morgan fingerprint density at radius 1 is 1.38 bits per heavy atom. The van der Waals surface area contributed by atoms with Crippen molar-refractivity contribution in [3.05, 3.63) is 30.1 Å². The first-order valence-electron chi connectivity index (χ1n) is 5.90. The number of aromatic nitrogens is 2. The van der Waals surface area contributed by atoms with Gasteiger partial charge in [-0.25, -0.2) is 4.98 Å². The number of hydrogen-bond donors (Lipinski definition) is 0. The Morgan fingerprint density at radius 2 is 2.31 bits per heavy atom. The third kappa shape index (κ3) is 1.52. The molecule has 2 aromatic rings. The van der Waals surface area contributed by atoms with Crippen LogP contribution in [0.1, 0.15) is 31.1 Å². The molecule has 16 heavy (non-hydrogen) atoms. The summed E-state index contributed by atoms with van der Waals surface area (Å²) < 4.78 is 7.96. The van der Waals surface area contributed by atoms with E-state index in [4.69, 9.17) is 4.74 Å². The minimum Gasteiger partial charge on any atom is -0.358 e. The van der Waals surface area contributed by atoms with Gasteiger partial charge in [0.2, 0.25) is 0 Å². The molecule has 1 atom stereocenters. The van der Waals surface area contributed by atoms with Crippen LogP contribution in [0.4, 0.5) is 0 Å². The van der Waals surface area contributed by atoms with E-state index in [-0.39, 0.29) is 6.23 Å². The van der Waals surface area contributed by atoms with Gasteiger partial charge in [-0.3, -0.25) is 0 Å². The van der Waals surface area contributed by atoms with Crippen molar-refractivity contribution in [3.63, 3.8) is 0 Å². The first kappa shape index (κ1) is 9.85. The van der Waals surface area contributed by atoms with Crippen LogP contribution in [0.25, 0.3) is 11.0 Å². The van der Waals surface area contributed by atoms with Crippen molar-refractivity contribution >= 4 is 11.0 Å². The SMILES string of the molecule is Cc1cccc2c1ncn2C1CCCCO1. The van der Waals surface area contributed by atoms with Crippen LogP contribution in [0.2, 0.25) is 0 Å². The minimum atomic E-state index is 0.181. The standard InChI is InChI=1S/C13H16N2O/c1-10-5-4-6-11-13(10)14-9-15(11)12-7-2-3-8-16-12/h4-6,9,12H,2-3,7-8H2,1H3. The number of hydrogen-bond acceptors (Lipinski definition) is 2. The fourth-order valence-corrected chi connectivity index (χ4v) is 2.37. The smallest absolute Gasteiger partial charge is 0.135 e. The first-order valence-corrected chi connectivity index (χ1v) is 5.90. The van der Waals surface area contributed by atoms with E-state index in [1.54, 1.807) is 0 Å². The van der Waals surface area contributed by atoms with E-state index in [0.29, 0.717) is 0 Å². The van der Waals surface area contributed by atoms with Gasteiger partial charge in [0, 0.05) is 6.61 Å². The third-order valence-corrected chi connectivity index (χ3v) is 3.27. The van der Waals surface area contributed by atoms with Gasteiger partial charge in [0.15, 0.2) is 0 Å². The van der Waals surface area contributed by atoms with Crippen LogP contribution >= 0.6 is 0 Å². The number of nitrogens with zero attached hydrogens (tertiary/aromatic N) is 2. The molecule has 3 rings (SSSR count). The van der Waals surface area contributed by atoms with E-state index in [9.17, 15) is 0 Å². The van der Waals surface area contributed by atoms with Gasteiger partial charge in [0.25, 0.3) is 0 Å². The molecule has 0 N–H and O–H groups in total. The summed E-state index contributed by atoms with van der Waals surface area (Å²) in [5, 5.41) is 0. The Labute approximate surface area is 95.0 Å². The van der Waals surface area contributed by atoms with Gasteiger partial charge < -0.3 is 9.30 Å². The molecule has 1 aromatic carbocycles. The summed E-state index contributed by atoms with van der Waals surface area (Å²) in [6, 6.07) is 6.30. The van der Waals surface area contributed by atoms with Gasteiger partial charge in [-0.2, -0.15) is 0 Å². The summed E-state index contributed by atoms with van der Waals surface area (Å²) >= 11 is 0. The molecule has 0 amide bonds. The maximum absolute atomic E-state index is 5.79. The van der Waals surface area contributed by atoms with Crippen molar-refractivity contribution in [2.24, 2.45) is 0 Å². The van der Waals surface area contributed by atoms with E-state index < -0.39 is 0 Å². The topological polar surface area (TPSA) is 27.1 Å². The fourth-order valence-electron chi connectivity index (χ4n) is 2.37. The Balaban J connectivity index is 2.06. The molecular formula is C13H16N2O. The number of aryl methyl sites for hydroxylation is 1. The van der Waals surface area contributed by atoms with Crippen molar-refractivity contribution in [3.8, 4) is 0 Å². The number of para-hydroxylation sites is 1. The highest BCUT2D eigenvalue weighted by Crippen LogP contribution is 2.27. The second kappa shape index (κ2) is 3.91. The summed E-state index contributed by atoms with van der Waals surface area (Å²) in [5.74, 6) is 0. The number of benzene rings is 1. The second-order valence-electron chi connectivity index (χ2n) is 4.42. The lowest BCUT2D eigenvalue weighted by Crippen LogP contribution is -2.17. The van der Waals surface area contributed by atoms with Crippen LogP contribution in [-0.2, 0) is 4.74 Å². The second-order valence-corrected chi connectivity index (χ2v) is 4.42. The molecule has 3 nitrogen and oxygen atoms in total. The summed E-state index contributed by atoms with van der Waals surface area (Å²) in [4.78, 5) is 4.48. The van der Waals surface area contributed by atoms with Gasteiger partial charge in [0.05, 0.1) is 17.4 Å². The normalized spacial score (nSPS) is 21.4. The highest BCUT2D eigenvalue weighted by Gasteiger charge is 2.17. The molecule has 2 heterocycles. The first-order chi connectivity index (χ1) is 7.86. The molecule has 1 unspecified atom stereocenters. The molecule has 1 fully saturated rings. The van der Waals surface area contributed by atoms with Crippen LogP contribution < -0.4 is 0 Å². The van der Waals surface area contributed by atoms with Crippen LogP contribution in [0.15, 0.2) is 24.5 Å². The highest BCUT2D eigenvalue weighted by molar-refractivity contribution is 5.78. The average Bonchev–Trinajstić information content (AvgIpc) is 2.75. The van der Waals surface area contributed by atoms with Gasteiger partial charge in [-0.1, -0.05) is 12.1 Å². The van der Waals surface area contributed by atoms with Gasteiger partial charge in [-0.05, 0) is 37.8 Å². The Kier molecular flexibility index (Phi) is 2.40. The quantitative estimate of drug-likeness (QED) is 0.732. The summed E-state index contributed by atoms with van der Waals surface area (Å²) in [5.41, 5.74) is 3.51. The Bertz CT molecular complexity index is 498. The molecule has 0 spiro atoms. The van der Waals surface area contributed by atoms with E-state index in [0.717, 1.165) is 18.5 Å². The molecule has 0 saturated carbocycles. The zero-order valence-electron chi connectivity index (χ0n) is 9.52. The summed E-state index contributed by atoms with van der Waals surface area (Å²) in [7, 11) is 0. The zero-order valence-corrected chi connectivity index (χ0v) is 9.52. The van der Waals surface area contributed by atoms with Crippen LogP contribution in [0.5, 0.6) is 0 Å². The molecule has 3 heteroatoms. The van der Waals surface area contributed by atoms with Gasteiger partial charge in [0.1, 0.15) is 6.23 Å². The Hall–Kier alpha value is -1.35. The Morgan fingerprint density at radius 3 is 3.12 bits per heavy atom. The van der Waals surface area contributed by atoms with Crippen LogP contribution in [-0.4, -0.2) is 16.2 Å². The molecule has 1 aliphatic heterocycles. The van der Waals surface area contributed by atoms with Gasteiger partial charge in [-0.15, -0.1) is 0 Å². The van der Waals surface area contributed by atoms with E-state index in [1.165, 1.54) is 23.9 Å². The molecule has 0 aliphatic carbocycles. The molecule has 0 bridgehead atoms. The predicted octanol–water partition coefficient (Wildman–Crippen LogP) is 3.04.